The molecule has 2 aromatic carbocycles. The summed E-state index contributed by atoms with van der Waals surface area (Å²) in [5.74, 6) is -0.0374. The minimum Gasteiger partial charge on any atom is -0.295 e. The van der Waals surface area contributed by atoms with Gasteiger partial charge in [0.05, 0.1) is 11.0 Å². The van der Waals surface area contributed by atoms with Crippen LogP contribution in [-0.4, -0.2) is 14.9 Å². The minimum absolute atomic E-state index is 0.0374. The van der Waals surface area contributed by atoms with Gasteiger partial charge in [-0.2, -0.15) is 0 Å². The van der Waals surface area contributed by atoms with Crippen LogP contribution in [0.4, 0.5) is 0 Å². The van der Waals surface area contributed by atoms with E-state index in [-0.39, 0.29) is 11.5 Å². The van der Waals surface area contributed by atoms with Gasteiger partial charge < -0.3 is 0 Å². The molecule has 0 aliphatic heterocycles. The monoisotopic (exact) mass is 392 g/mol. The van der Waals surface area contributed by atoms with E-state index in [0.29, 0.717) is 11.1 Å². The van der Waals surface area contributed by atoms with Crippen LogP contribution in [0.25, 0.3) is 11.0 Å². The van der Waals surface area contributed by atoms with Crippen molar-refractivity contribution in [1.29, 1.82) is 0 Å². The first-order chi connectivity index (χ1) is 9.99. The Labute approximate surface area is 135 Å². The van der Waals surface area contributed by atoms with Crippen LogP contribution in [0.1, 0.15) is 15.9 Å². The molecule has 0 aliphatic carbocycles. The molecule has 3 rings (SSSR count). The molecule has 0 aliphatic rings. The highest BCUT2D eigenvalue weighted by Gasteiger charge is 2.13. The maximum atomic E-state index is 12.5. The summed E-state index contributed by atoms with van der Waals surface area (Å²) in [7, 11) is 3.44. The molecule has 0 fully saturated rings. The van der Waals surface area contributed by atoms with Crippen molar-refractivity contribution in [2.45, 2.75) is 0 Å². The Morgan fingerprint density at radius 3 is 2.14 bits per heavy atom. The Hall–Kier alpha value is -1.89. The van der Waals surface area contributed by atoms with Crippen molar-refractivity contribution < 1.29 is 4.79 Å². The molecule has 0 atom stereocenters. The van der Waals surface area contributed by atoms with Gasteiger partial charge in [-0.05, 0) is 65.1 Å². The first-order valence-corrected chi connectivity index (χ1v) is 7.52. The van der Waals surface area contributed by atoms with Crippen LogP contribution in [0.3, 0.4) is 0 Å². The molecule has 21 heavy (non-hydrogen) atoms. The lowest BCUT2D eigenvalue weighted by Gasteiger charge is -2.03. The lowest BCUT2D eigenvalue weighted by molar-refractivity contribution is 0.103. The summed E-state index contributed by atoms with van der Waals surface area (Å²) in [4.78, 5) is 24.4. The van der Waals surface area contributed by atoms with Crippen molar-refractivity contribution >= 4 is 39.4 Å². The molecule has 1 aromatic heterocycles. The zero-order chi connectivity index (χ0) is 15.1. The van der Waals surface area contributed by atoms with Crippen molar-refractivity contribution in [2.24, 2.45) is 14.1 Å². The van der Waals surface area contributed by atoms with Crippen LogP contribution >= 0.6 is 22.6 Å². The van der Waals surface area contributed by atoms with Crippen LogP contribution in [0.5, 0.6) is 0 Å². The number of benzene rings is 2. The van der Waals surface area contributed by atoms with Gasteiger partial charge >= 0.3 is 5.69 Å². The van der Waals surface area contributed by atoms with Crippen LogP contribution in [0, 0.1) is 3.57 Å². The highest BCUT2D eigenvalue weighted by Crippen LogP contribution is 2.17. The number of carbonyl (C=O) groups is 1. The maximum absolute atomic E-state index is 12.5. The molecule has 4 nitrogen and oxygen atoms in total. The molecular formula is C16H13IN2O2. The fourth-order valence-electron chi connectivity index (χ4n) is 2.42. The summed E-state index contributed by atoms with van der Waals surface area (Å²) in [6.07, 6.45) is 0. The van der Waals surface area contributed by atoms with E-state index in [1.165, 1.54) is 0 Å². The lowest BCUT2D eigenvalue weighted by Crippen LogP contribution is -2.19. The number of aromatic nitrogens is 2. The molecule has 3 aromatic rings. The van der Waals surface area contributed by atoms with Gasteiger partial charge in [-0.25, -0.2) is 4.79 Å². The average molecular weight is 392 g/mol. The summed E-state index contributed by atoms with van der Waals surface area (Å²) in [6.45, 7) is 0. The zero-order valence-electron chi connectivity index (χ0n) is 11.6. The second-order valence-electron chi connectivity index (χ2n) is 4.94. The van der Waals surface area contributed by atoms with Crippen LogP contribution in [-0.2, 0) is 14.1 Å². The first kappa shape index (κ1) is 14.1. The van der Waals surface area contributed by atoms with Gasteiger partial charge in [0, 0.05) is 28.8 Å². The molecule has 0 amide bonds. The predicted molar refractivity (Wildman–Crippen MR) is 90.8 cm³/mol. The Bertz CT molecular complexity index is 904. The van der Waals surface area contributed by atoms with E-state index in [0.717, 1.165) is 14.6 Å². The van der Waals surface area contributed by atoms with Crippen LogP contribution in [0.15, 0.2) is 47.3 Å². The van der Waals surface area contributed by atoms with Crippen molar-refractivity contribution in [1.82, 2.24) is 9.13 Å². The Morgan fingerprint density at radius 2 is 1.48 bits per heavy atom. The molecule has 0 radical (unpaired) electrons. The summed E-state index contributed by atoms with van der Waals surface area (Å²) in [5, 5.41) is 0. The van der Waals surface area contributed by atoms with Crippen molar-refractivity contribution in [2.75, 3.05) is 0 Å². The number of fused-ring (bicyclic) bond motifs is 1. The van der Waals surface area contributed by atoms with Gasteiger partial charge in [-0.1, -0.05) is 0 Å². The van der Waals surface area contributed by atoms with E-state index >= 15 is 0 Å². The molecule has 5 heteroatoms. The summed E-state index contributed by atoms with van der Waals surface area (Å²) < 4.78 is 4.22. The molecule has 0 saturated heterocycles. The number of hydrogen-bond acceptors (Lipinski definition) is 2. The highest BCUT2D eigenvalue weighted by molar-refractivity contribution is 14.1. The molecule has 0 spiro atoms. The van der Waals surface area contributed by atoms with Crippen molar-refractivity contribution in [3.8, 4) is 0 Å². The van der Waals surface area contributed by atoms with E-state index in [1.54, 1.807) is 35.4 Å². The SMILES string of the molecule is Cn1c(=O)n(C)c2cc(C(=O)c3ccc(I)cc3)ccc21. The molecule has 106 valence electrons. The topological polar surface area (TPSA) is 44.0 Å². The standard InChI is InChI=1S/C16H13IN2O2/c1-18-13-8-5-11(9-14(13)19(2)16(18)21)15(20)10-3-6-12(17)7-4-10/h3-9H,1-2H3. The fourth-order valence-corrected chi connectivity index (χ4v) is 2.78. The first-order valence-electron chi connectivity index (χ1n) is 6.45. The second kappa shape index (κ2) is 5.14. The van der Waals surface area contributed by atoms with Crippen LogP contribution in [0.2, 0.25) is 0 Å². The van der Waals surface area contributed by atoms with Crippen LogP contribution < -0.4 is 5.69 Å². The normalized spacial score (nSPS) is 11.0. The Kier molecular flexibility index (Phi) is 3.44. The largest absolute Gasteiger partial charge is 0.328 e. The van der Waals surface area contributed by atoms with E-state index in [4.69, 9.17) is 0 Å². The number of ketones is 1. The summed E-state index contributed by atoms with van der Waals surface area (Å²) in [6, 6.07) is 12.8. The third-order valence-electron chi connectivity index (χ3n) is 3.64. The van der Waals surface area contributed by atoms with Gasteiger partial charge in [0.1, 0.15) is 0 Å². The van der Waals surface area contributed by atoms with E-state index in [9.17, 15) is 9.59 Å². The zero-order valence-corrected chi connectivity index (χ0v) is 13.8. The maximum Gasteiger partial charge on any atom is 0.328 e. The van der Waals surface area contributed by atoms with Gasteiger partial charge in [0.25, 0.3) is 0 Å². The number of aryl methyl sites for hydroxylation is 2. The molecular weight excluding hydrogens is 379 g/mol. The van der Waals surface area contributed by atoms with Gasteiger partial charge in [0.2, 0.25) is 0 Å². The molecule has 1 heterocycles. The minimum atomic E-state index is -0.0936. The predicted octanol–water partition coefficient (Wildman–Crippen LogP) is 2.71. The molecule has 0 bridgehead atoms. The summed E-state index contributed by atoms with van der Waals surface area (Å²) >= 11 is 2.20. The number of halogens is 1. The third-order valence-corrected chi connectivity index (χ3v) is 4.36. The highest BCUT2D eigenvalue weighted by atomic mass is 127. The van der Waals surface area contributed by atoms with Crippen molar-refractivity contribution in [3.05, 3.63) is 67.6 Å². The van der Waals surface area contributed by atoms with Crippen molar-refractivity contribution in [3.63, 3.8) is 0 Å². The number of nitrogens with zero attached hydrogens (tertiary/aromatic N) is 2. The third kappa shape index (κ3) is 2.31. The average Bonchev–Trinajstić information content (AvgIpc) is 2.72. The number of imidazole rings is 1. The smallest absolute Gasteiger partial charge is 0.295 e. The van der Waals surface area contributed by atoms with E-state index < -0.39 is 0 Å². The quantitative estimate of drug-likeness (QED) is 0.497. The van der Waals surface area contributed by atoms with Gasteiger partial charge in [-0.3, -0.25) is 13.9 Å². The molecule has 0 N–H and O–H groups in total. The number of hydrogen-bond donors (Lipinski definition) is 0. The summed E-state index contributed by atoms with van der Waals surface area (Å²) in [5.41, 5.74) is 2.73. The number of rotatable bonds is 2. The molecule has 0 unspecified atom stereocenters. The Morgan fingerprint density at radius 1 is 0.905 bits per heavy atom. The number of carbonyl (C=O) groups excluding carboxylic acids is 1. The van der Waals surface area contributed by atoms with Gasteiger partial charge in [-0.15, -0.1) is 0 Å². The Balaban J connectivity index is 2.13. The fraction of sp³-hybridized carbons (Fsp3) is 0.125. The molecule has 0 saturated carbocycles. The lowest BCUT2D eigenvalue weighted by atomic mass is 10.0. The van der Waals surface area contributed by atoms with Gasteiger partial charge in [0.15, 0.2) is 5.78 Å². The van der Waals surface area contributed by atoms with E-state index in [1.807, 2.05) is 30.3 Å². The second-order valence-corrected chi connectivity index (χ2v) is 6.19. The van der Waals surface area contributed by atoms with E-state index in [2.05, 4.69) is 22.6 Å².